The zero-order chi connectivity index (χ0) is 17.1. The highest BCUT2D eigenvalue weighted by Crippen LogP contribution is 2.22. The third-order valence-corrected chi connectivity index (χ3v) is 3.50. The van der Waals surface area contributed by atoms with Crippen LogP contribution >= 0.6 is 0 Å². The maximum Gasteiger partial charge on any atom is 0.336 e. The number of aryl methyl sites for hydroxylation is 1. The van der Waals surface area contributed by atoms with E-state index in [1.165, 1.54) is 10.7 Å². The van der Waals surface area contributed by atoms with E-state index in [0.29, 0.717) is 17.0 Å². The molecule has 2 heterocycles. The number of benzene rings is 1. The zero-order valence-electron chi connectivity index (χ0n) is 13.0. The van der Waals surface area contributed by atoms with Gasteiger partial charge in [0.25, 0.3) is 0 Å². The van der Waals surface area contributed by atoms with Crippen LogP contribution in [0.3, 0.4) is 0 Å². The van der Waals surface area contributed by atoms with Gasteiger partial charge in [0.15, 0.2) is 0 Å². The third-order valence-electron chi connectivity index (χ3n) is 3.50. The Labute approximate surface area is 136 Å². The van der Waals surface area contributed by atoms with Crippen molar-refractivity contribution >= 4 is 11.0 Å². The van der Waals surface area contributed by atoms with Crippen molar-refractivity contribution in [1.82, 2.24) is 15.0 Å². The molecule has 24 heavy (non-hydrogen) atoms. The Morgan fingerprint density at radius 3 is 3.00 bits per heavy atom. The van der Waals surface area contributed by atoms with E-state index in [0.717, 1.165) is 10.9 Å². The molecule has 0 aliphatic carbocycles. The normalized spacial score (nSPS) is 12.5. The Morgan fingerprint density at radius 2 is 2.21 bits per heavy atom. The number of hydrogen-bond donors (Lipinski definition) is 2. The largest absolute Gasteiger partial charge is 0.487 e. The van der Waals surface area contributed by atoms with Crippen LogP contribution in [-0.2, 0) is 13.2 Å². The van der Waals surface area contributed by atoms with Gasteiger partial charge in [0, 0.05) is 17.5 Å². The van der Waals surface area contributed by atoms with Gasteiger partial charge in [0.1, 0.15) is 23.6 Å². The fourth-order valence-corrected chi connectivity index (χ4v) is 2.32. The number of ether oxygens (including phenoxy) is 1. The first-order chi connectivity index (χ1) is 11.5. The van der Waals surface area contributed by atoms with Crippen molar-refractivity contribution in [3.8, 4) is 5.75 Å². The summed E-state index contributed by atoms with van der Waals surface area (Å²) in [7, 11) is 0. The van der Waals surface area contributed by atoms with Crippen molar-refractivity contribution in [2.75, 3.05) is 6.61 Å². The molecule has 3 aromatic rings. The lowest BCUT2D eigenvalue weighted by Crippen LogP contribution is -2.20. The predicted octanol–water partition coefficient (Wildman–Crippen LogP) is 0.625. The summed E-state index contributed by atoms with van der Waals surface area (Å²) in [5.41, 5.74) is 1.49. The number of hydrogen-bond acceptors (Lipinski definition) is 7. The topological polar surface area (TPSA) is 111 Å². The molecule has 2 N–H and O–H groups in total. The van der Waals surface area contributed by atoms with E-state index in [9.17, 15) is 9.90 Å². The summed E-state index contributed by atoms with van der Waals surface area (Å²) >= 11 is 0. The average Bonchev–Trinajstić information content (AvgIpc) is 2.99. The molecule has 0 saturated heterocycles. The van der Waals surface area contributed by atoms with Crippen molar-refractivity contribution < 1.29 is 19.4 Å². The minimum absolute atomic E-state index is 0.157. The molecule has 0 bridgehead atoms. The molecule has 2 aromatic heterocycles. The molecular weight excluding hydrogens is 314 g/mol. The second kappa shape index (κ2) is 6.81. The van der Waals surface area contributed by atoms with E-state index < -0.39 is 11.7 Å². The van der Waals surface area contributed by atoms with Crippen LogP contribution < -0.4 is 10.4 Å². The smallest absolute Gasteiger partial charge is 0.336 e. The van der Waals surface area contributed by atoms with Crippen LogP contribution in [0.25, 0.3) is 11.0 Å². The molecule has 0 aliphatic heterocycles. The Hall–Kier alpha value is -2.71. The van der Waals surface area contributed by atoms with Crippen molar-refractivity contribution in [3.05, 3.63) is 52.1 Å². The minimum atomic E-state index is -0.882. The van der Waals surface area contributed by atoms with Gasteiger partial charge in [-0.15, -0.1) is 5.10 Å². The van der Waals surface area contributed by atoms with Gasteiger partial charge in [-0.05, 0) is 24.6 Å². The van der Waals surface area contributed by atoms with Gasteiger partial charge in [-0.2, -0.15) is 0 Å². The Kier molecular flexibility index (Phi) is 4.59. The van der Waals surface area contributed by atoms with Crippen LogP contribution in [0.5, 0.6) is 5.75 Å². The zero-order valence-corrected chi connectivity index (χ0v) is 13.0. The Balaban J connectivity index is 1.70. The number of aliphatic hydroxyl groups is 2. The molecule has 8 heteroatoms. The summed E-state index contributed by atoms with van der Waals surface area (Å²) in [6, 6.07) is 6.72. The van der Waals surface area contributed by atoms with Crippen LogP contribution in [0.2, 0.25) is 0 Å². The van der Waals surface area contributed by atoms with E-state index in [4.69, 9.17) is 14.3 Å². The molecular formula is C16H17N3O5. The first-order valence-electron chi connectivity index (χ1n) is 7.40. The van der Waals surface area contributed by atoms with Gasteiger partial charge in [0.05, 0.1) is 25.5 Å². The maximum absolute atomic E-state index is 11.4. The molecule has 0 spiro atoms. The molecule has 1 atom stereocenters. The number of aliphatic hydroxyl groups excluding tert-OH is 2. The fourth-order valence-electron chi connectivity index (χ4n) is 2.32. The molecule has 126 valence electrons. The van der Waals surface area contributed by atoms with E-state index >= 15 is 0 Å². The van der Waals surface area contributed by atoms with E-state index in [1.54, 1.807) is 18.3 Å². The number of fused-ring (bicyclic) bond motifs is 1. The highest BCUT2D eigenvalue weighted by atomic mass is 16.5. The summed E-state index contributed by atoms with van der Waals surface area (Å²) in [5, 5.41) is 26.8. The summed E-state index contributed by atoms with van der Waals surface area (Å²) in [6.45, 7) is 1.84. The van der Waals surface area contributed by atoms with Gasteiger partial charge in [0.2, 0.25) is 0 Å². The summed E-state index contributed by atoms with van der Waals surface area (Å²) in [4.78, 5) is 11.4. The Morgan fingerprint density at radius 1 is 1.38 bits per heavy atom. The van der Waals surface area contributed by atoms with Crippen molar-refractivity contribution in [3.63, 3.8) is 0 Å². The van der Waals surface area contributed by atoms with Crippen LogP contribution in [0, 0.1) is 6.92 Å². The van der Waals surface area contributed by atoms with E-state index in [2.05, 4.69) is 10.3 Å². The lowest BCUT2D eigenvalue weighted by atomic mass is 10.1. The van der Waals surface area contributed by atoms with E-state index in [-0.39, 0.29) is 19.8 Å². The maximum atomic E-state index is 11.4. The van der Waals surface area contributed by atoms with E-state index in [1.807, 2.05) is 13.0 Å². The second-order valence-electron chi connectivity index (χ2n) is 5.46. The van der Waals surface area contributed by atoms with Crippen LogP contribution in [-0.4, -0.2) is 37.9 Å². The molecule has 8 nitrogen and oxygen atoms in total. The van der Waals surface area contributed by atoms with Gasteiger partial charge < -0.3 is 19.4 Å². The van der Waals surface area contributed by atoms with Crippen LogP contribution in [0.15, 0.2) is 39.7 Å². The van der Waals surface area contributed by atoms with Gasteiger partial charge >= 0.3 is 5.63 Å². The quantitative estimate of drug-likeness (QED) is 0.637. The standard InChI is InChI=1S/C16H17N3O5/c1-10-4-16(22)24-15-5-13(2-3-14(10)15)23-9-11-6-19(18-17-11)7-12(21)8-20/h2-6,12,20-21H,7-9H2,1H3. The molecule has 1 aromatic carbocycles. The first-order valence-corrected chi connectivity index (χ1v) is 7.40. The van der Waals surface area contributed by atoms with Crippen LogP contribution in [0.4, 0.5) is 0 Å². The van der Waals surface area contributed by atoms with Crippen molar-refractivity contribution in [2.45, 2.75) is 26.2 Å². The number of nitrogens with zero attached hydrogens (tertiary/aromatic N) is 3. The molecule has 0 aliphatic rings. The SMILES string of the molecule is Cc1cc(=O)oc2cc(OCc3cn(CC(O)CO)nn3)ccc12. The average molecular weight is 331 g/mol. The van der Waals surface area contributed by atoms with Gasteiger partial charge in [-0.3, -0.25) is 0 Å². The Bertz CT molecular complexity index is 902. The molecule has 0 radical (unpaired) electrons. The third kappa shape index (κ3) is 3.61. The summed E-state index contributed by atoms with van der Waals surface area (Å²) in [5.74, 6) is 0.543. The molecule has 1 unspecified atom stereocenters. The number of aromatic nitrogens is 3. The number of rotatable bonds is 6. The first kappa shape index (κ1) is 16.2. The summed E-state index contributed by atoms with van der Waals surface area (Å²) < 4.78 is 12.2. The fraction of sp³-hybridized carbons (Fsp3) is 0.312. The summed E-state index contributed by atoms with van der Waals surface area (Å²) in [6.07, 6.45) is 0.747. The highest BCUT2D eigenvalue weighted by Gasteiger charge is 2.08. The molecule has 0 fully saturated rings. The minimum Gasteiger partial charge on any atom is -0.487 e. The highest BCUT2D eigenvalue weighted by molar-refractivity contribution is 5.81. The van der Waals surface area contributed by atoms with Gasteiger partial charge in [-0.25, -0.2) is 9.48 Å². The van der Waals surface area contributed by atoms with Crippen molar-refractivity contribution in [2.24, 2.45) is 0 Å². The monoisotopic (exact) mass is 331 g/mol. The second-order valence-corrected chi connectivity index (χ2v) is 5.46. The molecule has 0 amide bonds. The van der Waals surface area contributed by atoms with Crippen LogP contribution in [0.1, 0.15) is 11.3 Å². The lowest BCUT2D eigenvalue weighted by Gasteiger charge is -2.06. The van der Waals surface area contributed by atoms with Gasteiger partial charge in [-0.1, -0.05) is 5.21 Å². The molecule has 0 saturated carbocycles. The van der Waals surface area contributed by atoms with Crippen molar-refractivity contribution in [1.29, 1.82) is 0 Å². The molecule has 3 rings (SSSR count). The predicted molar refractivity (Wildman–Crippen MR) is 84.7 cm³/mol. The lowest BCUT2D eigenvalue weighted by molar-refractivity contribution is 0.0778.